The van der Waals surface area contributed by atoms with Gasteiger partial charge in [0.25, 0.3) is 5.91 Å². The molecule has 0 saturated carbocycles. The summed E-state index contributed by atoms with van der Waals surface area (Å²) in [5.74, 6) is 0.223. The fourth-order valence-corrected chi connectivity index (χ4v) is 3.15. The maximum absolute atomic E-state index is 12.9. The number of ether oxygens (including phenoxy) is 2. The van der Waals surface area contributed by atoms with Gasteiger partial charge in [0.05, 0.1) is 19.6 Å². The monoisotopic (exact) mass is 411 g/mol. The van der Waals surface area contributed by atoms with Crippen molar-refractivity contribution in [1.82, 2.24) is 14.8 Å². The summed E-state index contributed by atoms with van der Waals surface area (Å²) >= 11 is 0. The molecule has 154 valence electrons. The van der Waals surface area contributed by atoms with Gasteiger partial charge in [-0.1, -0.05) is 6.07 Å². The van der Waals surface area contributed by atoms with Crippen LogP contribution in [-0.4, -0.2) is 40.3 Å². The lowest BCUT2D eigenvalue weighted by molar-refractivity contribution is -0.118. The van der Waals surface area contributed by atoms with E-state index in [0.29, 0.717) is 23.1 Å². The third-order valence-corrected chi connectivity index (χ3v) is 4.56. The predicted molar refractivity (Wildman–Crippen MR) is 105 cm³/mol. The van der Waals surface area contributed by atoms with E-state index in [4.69, 9.17) is 9.47 Å². The summed E-state index contributed by atoms with van der Waals surface area (Å²) in [4.78, 5) is 28.1. The Kier molecular flexibility index (Phi) is 5.29. The molecule has 1 aromatic heterocycles. The van der Waals surface area contributed by atoms with Crippen molar-refractivity contribution in [2.75, 3.05) is 24.4 Å². The van der Waals surface area contributed by atoms with Crippen LogP contribution in [0.2, 0.25) is 0 Å². The zero-order valence-electron chi connectivity index (χ0n) is 16.0. The normalized spacial score (nSPS) is 15.1. The van der Waals surface area contributed by atoms with Crippen LogP contribution in [0.25, 0.3) is 0 Å². The molecular formula is C20H18FN5O4. The quantitative estimate of drug-likeness (QED) is 0.645. The first-order valence-electron chi connectivity index (χ1n) is 9.09. The van der Waals surface area contributed by atoms with Crippen LogP contribution in [0, 0.1) is 5.82 Å². The van der Waals surface area contributed by atoms with Gasteiger partial charge in [-0.05, 0) is 42.0 Å². The van der Waals surface area contributed by atoms with Crippen molar-refractivity contribution in [2.45, 2.75) is 12.5 Å². The molecule has 2 amide bonds. The number of aromatic nitrogens is 3. The highest BCUT2D eigenvalue weighted by atomic mass is 19.1. The lowest BCUT2D eigenvalue weighted by Gasteiger charge is -2.24. The molecule has 0 fully saturated rings. The molecule has 0 saturated heterocycles. The van der Waals surface area contributed by atoms with Gasteiger partial charge in [-0.3, -0.25) is 14.9 Å². The first kappa shape index (κ1) is 19.4. The van der Waals surface area contributed by atoms with Gasteiger partial charge in [-0.2, -0.15) is 10.1 Å². The number of methoxy groups -OCH3 is 1. The van der Waals surface area contributed by atoms with Gasteiger partial charge >= 0.3 is 0 Å². The number of amides is 2. The van der Waals surface area contributed by atoms with Crippen molar-refractivity contribution in [3.05, 3.63) is 60.2 Å². The Hall–Kier alpha value is -3.95. The van der Waals surface area contributed by atoms with Crippen molar-refractivity contribution in [2.24, 2.45) is 0 Å². The van der Waals surface area contributed by atoms with Crippen molar-refractivity contribution in [1.29, 1.82) is 0 Å². The van der Waals surface area contributed by atoms with E-state index < -0.39 is 5.91 Å². The van der Waals surface area contributed by atoms with E-state index in [2.05, 4.69) is 20.7 Å². The number of hydrogen-bond acceptors (Lipinski definition) is 6. The average Bonchev–Trinajstić information content (AvgIpc) is 3.21. The summed E-state index contributed by atoms with van der Waals surface area (Å²) < 4.78 is 25.5. The molecule has 2 aromatic carbocycles. The number of carbonyl (C=O) groups is 2. The number of anilines is 2. The maximum atomic E-state index is 12.9. The van der Waals surface area contributed by atoms with Gasteiger partial charge in [0.15, 0.2) is 18.1 Å². The summed E-state index contributed by atoms with van der Waals surface area (Å²) in [6.07, 6.45) is 1.59. The molecule has 30 heavy (non-hydrogen) atoms. The fourth-order valence-electron chi connectivity index (χ4n) is 3.15. The van der Waals surface area contributed by atoms with Gasteiger partial charge < -0.3 is 14.8 Å². The fraction of sp³-hybridized carbons (Fsp3) is 0.200. The van der Waals surface area contributed by atoms with E-state index in [0.717, 1.165) is 5.56 Å². The van der Waals surface area contributed by atoms with Crippen molar-refractivity contribution in [3.63, 3.8) is 0 Å². The van der Waals surface area contributed by atoms with Crippen LogP contribution in [0.15, 0.2) is 48.8 Å². The molecule has 0 unspecified atom stereocenters. The first-order chi connectivity index (χ1) is 14.5. The van der Waals surface area contributed by atoms with Gasteiger partial charge in [-0.15, -0.1) is 0 Å². The summed E-state index contributed by atoms with van der Waals surface area (Å²) in [7, 11) is 1.49. The molecule has 0 bridgehead atoms. The first-order valence-corrected chi connectivity index (χ1v) is 9.09. The maximum Gasteiger partial charge on any atom is 0.262 e. The predicted octanol–water partition coefficient (Wildman–Crippen LogP) is 2.37. The van der Waals surface area contributed by atoms with Gasteiger partial charge in [0.1, 0.15) is 12.1 Å². The van der Waals surface area contributed by atoms with E-state index in [-0.39, 0.29) is 30.8 Å². The largest absolute Gasteiger partial charge is 0.493 e. The van der Waals surface area contributed by atoms with Crippen molar-refractivity contribution >= 4 is 23.5 Å². The molecule has 0 spiro atoms. The second kappa shape index (κ2) is 8.19. The molecular weight excluding hydrogens is 393 g/mol. The van der Waals surface area contributed by atoms with E-state index in [1.807, 2.05) is 0 Å². The summed E-state index contributed by atoms with van der Waals surface area (Å²) in [5, 5.41) is 9.46. The van der Waals surface area contributed by atoms with E-state index in [1.165, 1.54) is 37.7 Å². The summed E-state index contributed by atoms with van der Waals surface area (Å²) in [6.45, 7) is -0.258. The number of rotatable bonds is 6. The number of benzene rings is 2. The molecule has 4 rings (SSSR count). The average molecular weight is 411 g/mol. The van der Waals surface area contributed by atoms with Crippen LogP contribution in [0.1, 0.15) is 18.0 Å². The molecule has 1 aliphatic heterocycles. The Balaban J connectivity index is 1.46. The Morgan fingerprint density at radius 1 is 1.27 bits per heavy atom. The second-order valence-corrected chi connectivity index (χ2v) is 6.55. The molecule has 2 N–H and O–H groups in total. The van der Waals surface area contributed by atoms with Crippen LogP contribution < -0.4 is 20.1 Å². The highest BCUT2D eigenvalue weighted by Gasteiger charge is 2.28. The molecule has 10 heteroatoms. The zero-order chi connectivity index (χ0) is 21.1. The standard InChI is InChI=1S/C20H18FN5O4/c1-29-17-8-12(15-9-18(27)25-20-22-11-23-26(15)20)2-7-16(17)30-10-19(28)24-14-5-3-13(21)4-6-14/h2-8,11,15H,9-10H2,1H3,(H,24,28)(H,22,23,25,27)/t15-/m0/s1. The lowest BCUT2D eigenvalue weighted by atomic mass is 10.0. The Bertz CT molecular complexity index is 1080. The SMILES string of the molecule is COc1cc([C@@H]2CC(=O)Nc3ncnn32)ccc1OCC(=O)Nc1ccc(F)cc1. The second-order valence-electron chi connectivity index (χ2n) is 6.55. The number of nitrogens with one attached hydrogen (secondary N) is 2. The van der Waals surface area contributed by atoms with Crippen LogP contribution in [0.5, 0.6) is 11.5 Å². The third-order valence-electron chi connectivity index (χ3n) is 4.56. The zero-order valence-corrected chi connectivity index (χ0v) is 16.0. The van der Waals surface area contributed by atoms with Crippen molar-refractivity contribution < 1.29 is 23.5 Å². The minimum absolute atomic E-state index is 0.155. The van der Waals surface area contributed by atoms with Crippen LogP contribution >= 0.6 is 0 Å². The van der Waals surface area contributed by atoms with Crippen LogP contribution in [0.3, 0.4) is 0 Å². The molecule has 0 aliphatic carbocycles. The highest BCUT2D eigenvalue weighted by Crippen LogP contribution is 2.34. The van der Waals surface area contributed by atoms with Crippen molar-refractivity contribution in [3.8, 4) is 11.5 Å². The smallest absolute Gasteiger partial charge is 0.262 e. The highest BCUT2D eigenvalue weighted by molar-refractivity contribution is 5.92. The van der Waals surface area contributed by atoms with Crippen LogP contribution in [0.4, 0.5) is 16.0 Å². The molecule has 0 radical (unpaired) electrons. The topological polar surface area (TPSA) is 107 Å². The molecule has 9 nitrogen and oxygen atoms in total. The number of halogens is 1. The molecule has 2 heterocycles. The molecule has 1 atom stereocenters. The Morgan fingerprint density at radius 2 is 2.07 bits per heavy atom. The van der Waals surface area contributed by atoms with E-state index in [9.17, 15) is 14.0 Å². The minimum Gasteiger partial charge on any atom is -0.493 e. The van der Waals surface area contributed by atoms with E-state index >= 15 is 0 Å². The van der Waals surface area contributed by atoms with Crippen LogP contribution in [-0.2, 0) is 9.59 Å². The minimum atomic E-state index is -0.399. The Morgan fingerprint density at radius 3 is 2.83 bits per heavy atom. The van der Waals surface area contributed by atoms with Gasteiger partial charge in [0, 0.05) is 5.69 Å². The summed E-state index contributed by atoms with van der Waals surface area (Å²) in [5.41, 5.74) is 1.25. The summed E-state index contributed by atoms with van der Waals surface area (Å²) in [6, 6.07) is 10.3. The Labute approximate surface area is 170 Å². The number of carbonyl (C=O) groups excluding carboxylic acids is 2. The van der Waals surface area contributed by atoms with Gasteiger partial charge in [0.2, 0.25) is 11.9 Å². The number of nitrogens with zero attached hydrogens (tertiary/aromatic N) is 3. The number of fused-ring (bicyclic) bond motifs is 1. The third kappa shape index (κ3) is 4.07. The lowest BCUT2D eigenvalue weighted by Crippen LogP contribution is -2.29. The molecule has 3 aromatic rings. The molecule has 1 aliphatic rings. The number of hydrogen-bond donors (Lipinski definition) is 2. The van der Waals surface area contributed by atoms with E-state index in [1.54, 1.807) is 22.9 Å². The van der Waals surface area contributed by atoms with Gasteiger partial charge in [-0.25, -0.2) is 9.07 Å².